The van der Waals surface area contributed by atoms with Gasteiger partial charge < -0.3 is 14.9 Å². The smallest absolute Gasteiger partial charge is 0.261 e. The summed E-state index contributed by atoms with van der Waals surface area (Å²) in [5, 5.41) is 15.5. The number of rotatable bonds is 3. The molecule has 0 aliphatic rings. The fourth-order valence-electron chi connectivity index (χ4n) is 2.10. The monoisotopic (exact) mass is 304 g/mol. The van der Waals surface area contributed by atoms with Crippen molar-refractivity contribution < 1.29 is 14.4 Å². The zero-order valence-corrected chi connectivity index (χ0v) is 12.9. The molecule has 0 spiro atoms. The third-order valence-electron chi connectivity index (χ3n) is 2.99. The van der Waals surface area contributed by atoms with Crippen LogP contribution in [0.15, 0.2) is 16.7 Å². The molecular weight excluding hydrogens is 288 g/mol. The van der Waals surface area contributed by atoms with Gasteiger partial charge in [-0.15, -0.1) is 11.3 Å². The molecule has 2 rings (SSSR count). The van der Waals surface area contributed by atoms with Crippen LogP contribution in [0.1, 0.15) is 44.5 Å². The highest BCUT2D eigenvalue weighted by atomic mass is 32.1. The molecule has 1 amide bonds. The first-order chi connectivity index (χ1) is 10.0. The van der Waals surface area contributed by atoms with Gasteiger partial charge in [0.1, 0.15) is 12.4 Å². The van der Waals surface area contributed by atoms with Gasteiger partial charge in [-0.2, -0.15) is 0 Å². The van der Waals surface area contributed by atoms with E-state index in [1.165, 1.54) is 11.3 Å². The standard InChI is InChI=1S/C15H16N2O3S/c1-9(14-10(2)17-20-11(14)3)16-15(19)13-7-6-12(21-13)5-4-8-18/h6-7,9,18H,8H2,1-3H3,(H,16,19). The SMILES string of the molecule is Cc1noc(C)c1C(C)NC(=O)c1ccc(C#CCO)s1. The average Bonchev–Trinajstić information content (AvgIpc) is 3.03. The van der Waals surface area contributed by atoms with E-state index in [0.717, 1.165) is 16.1 Å². The summed E-state index contributed by atoms with van der Waals surface area (Å²) in [6.07, 6.45) is 0. The molecule has 2 aromatic heterocycles. The van der Waals surface area contributed by atoms with Gasteiger partial charge in [0, 0.05) is 5.56 Å². The van der Waals surface area contributed by atoms with E-state index in [0.29, 0.717) is 10.6 Å². The normalized spacial score (nSPS) is 11.6. The maximum Gasteiger partial charge on any atom is 0.261 e. The average molecular weight is 304 g/mol. The number of hydrogen-bond acceptors (Lipinski definition) is 5. The summed E-state index contributed by atoms with van der Waals surface area (Å²) in [6, 6.07) is 3.31. The lowest BCUT2D eigenvalue weighted by Gasteiger charge is -2.12. The Labute approximate surface area is 127 Å². The largest absolute Gasteiger partial charge is 0.384 e. The van der Waals surface area contributed by atoms with E-state index in [2.05, 4.69) is 22.3 Å². The van der Waals surface area contributed by atoms with E-state index >= 15 is 0 Å². The molecule has 0 fully saturated rings. The zero-order chi connectivity index (χ0) is 15.4. The summed E-state index contributed by atoms with van der Waals surface area (Å²) in [5.74, 6) is 5.89. The lowest BCUT2D eigenvalue weighted by Crippen LogP contribution is -2.26. The lowest BCUT2D eigenvalue weighted by molar-refractivity contribution is 0.0944. The summed E-state index contributed by atoms with van der Waals surface area (Å²) < 4.78 is 5.11. The number of aliphatic hydroxyl groups is 1. The van der Waals surface area contributed by atoms with Gasteiger partial charge in [-0.1, -0.05) is 17.0 Å². The molecule has 1 unspecified atom stereocenters. The summed E-state index contributed by atoms with van der Waals surface area (Å²) in [6.45, 7) is 5.38. The molecule has 6 heteroatoms. The molecule has 0 aromatic carbocycles. The molecule has 0 bridgehead atoms. The van der Waals surface area contributed by atoms with Crippen molar-refractivity contribution in [1.29, 1.82) is 0 Å². The van der Waals surface area contributed by atoms with Crippen molar-refractivity contribution in [2.75, 3.05) is 6.61 Å². The Morgan fingerprint density at radius 1 is 1.52 bits per heavy atom. The minimum absolute atomic E-state index is 0.162. The molecule has 110 valence electrons. The summed E-state index contributed by atoms with van der Waals surface area (Å²) in [5.41, 5.74) is 1.68. The maximum atomic E-state index is 12.2. The van der Waals surface area contributed by atoms with Crippen molar-refractivity contribution >= 4 is 17.2 Å². The molecular formula is C15H16N2O3S. The van der Waals surface area contributed by atoms with Gasteiger partial charge in [0.2, 0.25) is 0 Å². The number of nitrogens with zero attached hydrogens (tertiary/aromatic N) is 1. The van der Waals surface area contributed by atoms with Crippen molar-refractivity contribution in [3.63, 3.8) is 0 Å². The van der Waals surface area contributed by atoms with E-state index in [4.69, 9.17) is 9.63 Å². The van der Waals surface area contributed by atoms with Crippen molar-refractivity contribution in [2.45, 2.75) is 26.8 Å². The minimum Gasteiger partial charge on any atom is -0.384 e. The van der Waals surface area contributed by atoms with E-state index in [9.17, 15) is 4.79 Å². The first kappa shape index (κ1) is 15.3. The number of aliphatic hydroxyl groups excluding tert-OH is 1. The van der Waals surface area contributed by atoms with E-state index in [-0.39, 0.29) is 18.6 Å². The van der Waals surface area contributed by atoms with Gasteiger partial charge in [0.15, 0.2) is 0 Å². The minimum atomic E-state index is -0.192. The molecule has 0 aliphatic carbocycles. The predicted octanol–water partition coefficient (Wildman–Crippen LogP) is 2.19. The third-order valence-corrected chi connectivity index (χ3v) is 3.99. The highest BCUT2D eigenvalue weighted by molar-refractivity contribution is 7.14. The topological polar surface area (TPSA) is 75.4 Å². The van der Waals surface area contributed by atoms with Crippen molar-refractivity contribution in [3.8, 4) is 11.8 Å². The molecule has 0 radical (unpaired) electrons. The number of thiophene rings is 1. The number of carbonyl (C=O) groups is 1. The van der Waals surface area contributed by atoms with Crippen molar-refractivity contribution in [1.82, 2.24) is 10.5 Å². The highest BCUT2D eigenvalue weighted by Gasteiger charge is 2.19. The van der Waals surface area contributed by atoms with Crippen LogP contribution in [0.5, 0.6) is 0 Å². The molecule has 0 saturated carbocycles. The number of carbonyl (C=O) groups excluding carboxylic acids is 1. The fourth-order valence-corrected chi connectivity index (χ4v) is 2.89. The van der Waals surface area contributed by atoms with Gasteiger partial charge in [-0.3, -0.25) is 4.79 Å². The Bertz CT molecular complexity index is 687. The Kier molecular flexibility index (Phi) is 4.78. The lowest BCUT2D eigenvalue weighted by atomic mass is 10.1. The number of nitrogens with one attached hydrogen (secondary N) is 1. The molecule has 5 nitrogen and oxygen atoms in total. The first-order valence-electron chi connectivity index (χ1n) is 6.46. The number of aromatic nitrogens is 1. The molecule has 0 aliphatic heterocycles. The fraction of sp³-hybridized carbons (Fsp3) is 0.333. The van der Waals surface area contributed by atoms with E-state index < -0.39 is 0 Å². The first-order valence-corrected chi connectivity index (χ1v) is 7.27. The van der Waals surface area contributed by atoms with Crippen LogP contribution in [0.25, 0.3) is 0 Å². The third kappa shape index (κ3) is 3.51. The molecule has 2 N–H and O–H groups in total. The summed E-state index contributed by atoms with van der Waals surface area (Å²) >= 11 is 1.29. The zero-order valence-electron chi connectivity index (χ0n) is 12.1. The van der Waals surface area contributed by atoms with Crippen LogP contribution in [-0.2, 0) is 0 Å². The Balaban J connectivity index is 2.09. The maximum absolute atomic E-state index is 12.2. The van der Waals surface area contributed by atoms with Crippen LogP contribution in [0, 0.1) is 25.7 Å². The summed E-state index contributed by atoms with van der Waals surface area (Å²) in [4.78, 5) is 13.5. The van der Waals surface area contributed by atoms with Crippen LogP contribution in [0.3, 0.4) is 0 Å². The quantitative estimate of drug-likeness (QED) is 0.852. The molecule has 21 heavy (non-hydrogen) atoms. The van der Waals surface area contributed by atoms with Gasteiger partial charge in [-0.05, 0) is 32.9 Å². The second kappa shape index (κ2) is 6.57. The van der Waals surface area contributed by atoms with Crippen molar-refractivity contribution in [2.24, 2.45) is 0 Å². The molecule has 1 atom stereocenters. The van der Waals surface area contributed by atoms with Crippen LogP contribution >= 0.6 is 11.3 Å². The van der Waals surface area contributed by atoms with E-state index in [1.54, 1.807) is 12.1 Å². The van der Waals surface area contributed by atoms with E-state index in [1.807, 2.05) is 20.8 Å². The molecule has 0 saturated heterocycles. The summed E-state index contributed by atoms with van der Waals surface area (Å²) in [7, 11) is 0. The van der Waals surface area contributed by atoms with Crippen LogP contribution < -0.4 is 5.32 Å². The Morgan fingerprint density at radius 2 is 2.29 bits per heavy atom. The van der Waals surface area contributed by atoms with Gasteiger partial charge >= 0.3 is 0 Å². The second-order valence-corrected chi connectivity index (χ2v) is 5.64. The Hall–Kier alpha value is -2.10. The van der Waals surface area contributed by atoms with Gasteiger partial charge in [0.25, 0.3) is 5.91 Å². The van der Waals surface area contributed by atoms with Crippen LogP contribution in [-0.4, -0.2) is 22.8 Å². The van der Waals surface area contributed by atoms with Crippen LogP contribution in [0.2, 0.25) is 0 Å². The van der Waals surface area contributed by atoms with Crippen LogP contribution in [0.4, 0.5) is 0 Å². The van der Waals surface area contributed by atoms with Gasteiger partial charge in [-0.25, -0.2) is 0 Å². The van der Waals surface area contributed by atoms with Crippen molar-refractivity contribution in [3.05, 3.63) is 38.9 Å². The second-order valence-electron chi connectivity index (χ2n) is 4.56. The molecule has 2 heterocycles. The highest BCUT2D eigenvalue weighted by Crippen LogP contribution is 2.22. The molecule has 2 aromatic rings. The van der Waals surface area contributed by atoms with Gasteiger partial charge in [0.05, 0.1) is 21.5 Å². The number of aryl methyl sites for hydroxylation is 2. The Morgan fingerprint density at radius 3 is 2.90 bits per heavy atom. The predicted molar refractivity (Wildman–Crippen MR) is 80.1 cm³/mol. The number of hydrogen-bond donors (Lipinski definition) is 2. The number of amides is 1.